The van der Waals surface area contributed by atoms with Crippen LogP contribution in [0, 0.1) is 16.7 Å². The summed E-state index contributed by atoms with van der Waals surface area (Å²) in [6.45, 7) is 6.26. The second-order valence-electron chi connectivity index (χ2n) is 12.1. The standard InChI is InChI=1S/C29H36N4O5S/c1-28(2)22-12-13-29(28,25(34)15-22)18-39(36,37)38-33-26-21(5-3-7-24(26)27(30)35)17-32(33)23-10-8-19(9-11-23)20-6-4-14-31-16-20/h3,5,7-11,20,22,31H,4,6,12-18H2,1-2H3,(H2,30,35)/t20-,22?,29?/m1/s1. The topological polar surface area (TPSA) is 122 Å². The number of hydrogen-bond acceptors (Lipinski definition) is 8. The third kappa shape index (κ3) is 4.24. The molecule has 3 fully saturated rings. The van der Waals surface area contributed by atoms with E-state index in [2.05, 4.69) is 17.4 Å². The van der Waals surface area contributed by atoms with Gasteiger partial charge < -0.3 is 11.1 Å². The Balaban J connectivity index is 1.34. The van der Waals surface area contributed by atoms with E-state index in [4.69, 9.17) is 10.0 Å². The number of fused-ring (bicyclic) bond motifs is 3. The van der Waals surface area contributed by atoms with Crippen LogP contribution in [0.4, 0.5) is 11.4 Å². The predicted octanol–water partition coefficient (Wildman–Crippen LogP) is 3.65. The molecular formula is C29H36N4O5S. The Hall–Kier alpha value is -2.95. The van der Waals surface area contributed by atoms with E-state index in [9.17, 15) is 18.0 Å². The minimum absolute atomic E-state index is 0.000203. The second kappa shape index (κ2) is 9.31. The average Bonchev–Trinajstić information content (AvgIpc) is 3.44. The van der Waals surface area contributed by atoms with Crippen molar-refractivity contribution in [1.82, 2.24) is 5.32 Å². The molecule has 39 heavy (non-hydrogen) atoms. The van der Waals surface area contributed by atoms with Crippen LogP contribution in [0.3, 0.4) is 0 Å². The molecule has 6 rings (SSSR count). The third-order valence-corrected chi connectivity index (χ3v) is 11.0. The fourth-order valence-electron chi connectivity index (χ4n) is 7.36. The second-order valence-corrected chi connectivity index (χ2v) is 13.6. The molecule has 2 aromatic carbocycles. The number of carbonyl (C=O) groups is 2. The quantitative estimate of drug-likeness (QED) is 0.534. The number of nitrogens with one attached hydrogen (secondary N) is 1. The molecule has 2 aromatic rings. The number of para-hydroxylation sites is 1. The van der Waals surface area contributed by atoms with Crippen LogP contribution in [0.5, 0.6) is 0 Å². The minimum Gasteiger partial charge on any atom is -0.366 e. The summed E-state index contributed by atoms with van der Waals surface area (Å²) in [6.07, 6.45) is 4.04. The molecule has 9 nitrogen and oxygen atoms in total. The number of benzene rings is 2. The van der Waals surface area contributed by atoms with Gasteiger partial charge in [-0.3, -0.25) is 14.6 Å². The zero-order valence-electron chi connectivity index (χ0n) is 22.5. The van der Waals surface area contributed by atoms with Gasteiger partial charge in [-0.1, -0.05) is 38.1 Å². The van der Waals surface area contributed by atoms with Crippen molar-refractivity contribution in [3.05, 3.63) is 59.2 Å². The number of piperidine rings is 1. The molecule has 2 bridgehead atoms. The molecule has 4 aliphatic rings. The van der Waals surface area contributed by atoms with E-state index in [0.29, 0.717) is 31.0 Å². The predicted molar refractivity (Wildman–Crippen MR) is 148 cm³/mol. The van der Waals surface area contributed by atoms with Gasteiger partial charge >= 0.3 is 0 Å². The number of hydrogen-bond donors (Lipinski definition) is 2. The lowest BCUT2D eigenvalue weighted by atomic mass is 9.70. The Bertz CT molecular complexity index is 1420. The molecule has 3 atom stereocenters. The van der Waals surface area contributed by atoms with Crippen molar-refractivity contribution in [2.45, 2.75) is 58.4 Å². The van der Waals surface area contributed by atoms with Crippen molar-refractivity contribution in [1.29, 1.82) is 0 Å². The highest BCUT2D eigenvalue weighted by atomic mass is 32.2. The van der Waals surface area contributed by atoms with Crippen LogP contribution in [0.2, 0.25) is 0 Å². The number of amides is 1. The monoisotopic (exact) mass is 552 g/mol. The molecule has 1 saturated heterocycles. The first-order valence-corrected chi connectivity index (χ1v) is 15.4. The Kier molecular flexibility index (Phi) is 6.28. The van der Waals surface area contributed by atoms with Gasteiger partial charge in [0.15, 0.2) is 0 Å². The number of anilines is 2. The highest BCUT2D eigenvalue weighted by Gasteiger charge is 2.65. The van der Waals surface area contributed by atoms with E-state index in [0.717, 1.165) is 43.6 Å². The van der Waals surface area contributed by atoms with Gasteiger partial charge in [-0.15, -0.1) is 9.46 Å². The smallest absolute Gasteiger partial charge is 0.290 e. The third-order valence-electron chi connectivity index (χ3n) is 9.82. The number of nitrogens with two attached hydrogens (primary N) is 1. The van der Waals surface area contributed by atoms with E-state index in [1.807, 2.05) is 32.0 Å². The van der Waals surface area contributed by atoms with Crippen LogP contribution >= 0.6 is 0 Å². The van der Waals surface area contributed by atoms with Crippen molar-refractivity contribution < 1.29 is 22.3 Å². The summed E-state index contributed by atoms with van der Waals surface area (Å²) < 4.78 is 33.3. The minimum atomic E-state index is -4.24. The fourth-order valence-corrected chi connectivity index (χ4v) is 9.07. The SMILES string of the molecule is CC1(C)C2CCC1(CS(=O)(=O)ON1c3c(cccc3C(N)=O)CN1c1ccc([C@@H]3CCCNC3)cc1)C(=O)C2. The summed E-state index contributed by atoms with van der Waals surface area (Å²) in [7, 11) is -4.24. The van der Waals surface area contributed by atoms with E-state index in [1.165, 1.54) is 10.7 Å². The lowest BCUT2D eigenvalue weighted by molar-refractivity contribution is -0.128. The molecule has 10 heteroatoms. The summed E-state index contributed by atoms with van der Waals surface area (Å²) >= 11 is 0. The molecule has 1 amide bonds. The van der Waals surface area contributed by atoms with Crippen LogP contribution in [0.15, 0.2) is 42.5 Å². The van der Waals surface area contributed by atoms with Crippen molar-refractivity contribution in [2.75, 3.05) is 29.0 Å². The van der Waals surface area contributed by atoms with Gasteiger partial charge in [-0.05, 0) is 73.2 Å². The molecule has 2 aliphatic carbocycles. The fraction of sp³-hybridized carbons (Fsp3) is 0.517. The zero-order chi connectivity index (χ0) is 27.6. The van der Waals surface area contributed by atoms with Crippen LogP contribution in [-0.2, 0) is 25.7 Å². The van der Waals surface area contributed by atoms with Crippen molar-refractivity contribution in [2.24, 2.45) is 22.5 Å². The van der Waals surface area contributed by atoms with Gasteiger partial charge in [0.25, 0.3) is 16.0 Å². The van der Waals surface area contributed by atoms with Crippen LogP contribution in [-0.4, -0.2) is 39.0 Å². The largest absolute Gasteiger partial charge is 0.366 e. The molecule has 2 unspecified atom stereocenters. The molecule has 2 saturated carbocycles. The molecule has 2 heterocycles. The van der Waals surface area contributed by atoms with E-state index in [1.54, 1.807) is 17.1 Å². The number of Topliss-reactive ketones (excluding diaryl/α,β-unsaturated/α-hetero) is 1. The molecule has 0 aromatic heterocycles. The van der Waals surface area contributed by atoms with Crippen molar-refractivity contribution in [3.8, 4) is 0 Å². The maximum absolute atomic E-state index is 13.7. The Morgan fingerprint density at radius 1 is 1.15 bits per heavy atom. The summed E-state index contributed by atoms with van der Waals surface area (Å²) in [5.41, 5.74) is 7.45. The number of hydrazine groups is 1. The van der Waals surface area contributed by atoms with Crippen LogP contribution in [0.1, 0.15) is 73.4 Å². The highest BCUT2D eigenvalue weighted by molar-refractivity contribution is 7.86. The highest BCUT2D eigenvalue weighted by Crippen LogP contribution is 2.64. The maximum atomic E-state index is 13.7. The molecule has 0 spiro atoms. The van der Waals surface area contributed by atoms with Crippen molar-refractivity contribution in [3.63, 3.8) is 0 Å². The Morgan fingerprint density at radius 3 is 2.54 bits per heavy atom. The average molecular weight is 553 g/mol. The van der Waals surface area contributed by atoms with Gasteiger partial charge in [0.2, 0.25) is 0 Å². The number of primary amides is 1. The molecule has 3 N–H and O–H groups in total. The molecule has 208 valence electrons. The summed E-state index contributed by atoms with van der Waals surface area (Å²) in [4.78, 5) is 25.4. The number of nitrogens with zero attached hydrogens (tertiary/aromatic N) is 2. The first kappa shape index (κ1) is 26.3. The summed E-state index contributed by atoms with van der Waals surface area (Å²) in [5, 5.41) is 6.34. The lowest BCUT2D eigenvalue weighted by Crippen LogP contribution is -2.46. The van der Waals surface area contributed by atoms with E-state index >= 15 is 0 Å². The maximum Gasteiger partial charge on any atom is 0.290 e. The number of rotatable bonds is 7. The van der Waals surface area contributed by atoms with Crippen molar-refractivity contribution >= 4 is 33.2 Å². The van der Waals surface area contributed by atoms with Gasteiger partial charge in [-0.2, -0.15) is 8.42 Å². The summed E-state index contributed by atoms with van der Waals surface area (Å²) in [5.74, 6) is -0.457. The Morgan fingerprint density at radius 2 is 1.92 bits per heavy atom. The van der Waals surface area contributed by atoms with Gasteiger partial charge in [0, 0.05) is 18.5 Å². The van der Waals surface area contributed by atoms with Gasteiger partial charge in [-0.25, -0.2) is 0 Å². The lowest BCUT2D eigenvalue weighted by Gasteiger charge is -2.37. The molecule has 2 aliphatic heterocycles. The van der Waals surface area contributed by atoms with E-state index in [-0.39, 0.29) is 17.3 Å². The number of carbonyl (C=O) groups excluding carboxylic acids is 2. The van der Waals surface area contributed by atoms with Crippen LogP contribution in [0.25, 0.3) is 0 Å². The van der Waals surface area contributed by atoms with Crippen LogP contribution < -0.4 is 21.2 Å². The summed E-state index contributed by atoms with van der Waals surface area (Å²) in [6, 6.07) is 13.2. The molecule has 0 radical (unpaired) electrons. The normalized spacial score (nSPS) is 27.7. The van der Waals surface area contributed by atoms with E-state index < -0.39 is 32.6 Å². The zero-order valence-corrected chi connectivity index (χ0v) is 23.3. The van der Waals surface area contributed by atoms with Gasteiger partial charge in [0.1, 0.15) is 11.5 Å². The first-order chi connectivity index (χ1) is 18.5. The Labute approximate surface area is 229 Å². The van der Waals surface area contributed by atoms with Gasteiger partial charge in [0.05, 0.1) is 29.0 Å². The number of ketones is 1. The molecular weight excluding hydrogens is 516 g/mol. The first-order valence-electron chi connectivity index (χ1n) is 13.8.